The predicted molar refractivity (Wildman–Crippen MR) is 97.3 cm³/mol. The summed E-state index contributed by atoms with van der Waals surface area (Å²) in [7, 11) is 0. The molecule has 1 aliphatic carbocycles. The summed E-state index contributed by atoms with van der Waals surface area (Å²) in [5.74, 6) is 0. The zero-order chi connectivity index (χ0) is 16.4. The topological polar surface area (TPSA) is 42.8 Å². The highest BCUT2D eigenvalue weighted by molar-refractivity contribution is 7.07. The molecule has 3 heterocycles. The second-order valence-electron chi connectivity index (χ2n) is 7.67. The fourth-order valence-corrected chi connectivity index (χ4v) is 5.16. The van der Waals surface area contributed by atoms with Crippen LogP contribution >= 0.6 is 11.3 Å². The lowest BCUT2D eigenvalue weighted by Crippen LogP contribution is -2.64. The molecule has 0 bridgehead atoms. The zero-order valence-corrected chi connectivity index (χ0v) is 15.3. The van der Waals surface area contributed by atoms with Crippen molar-refractivity contribution < 1.29 is 5.11 Å². The van der Waals surface area contributed by atoms with E-state index in [1.165, 1.54) is 58.3 Å². The van der Waals surface area contributed by atoms with Crippen molar-refractivity contribution >= 4 is 11.3 Å². The largest absolute Gasteiger partial charge is 0.385 e. The fraction of sp³-hybridized carbons (Fsp3) is 0.833. The highest BCUT2D eigenvalue weighted by Crippen LogP contribution is 2.25. The predicted octanol–water partition coefficient (Wildman–Crippen LogP) is 1.81. The van der Waals surface area contributed by atoms with Crippen molar-refractivity contribution in [2.75, 3.05) is 45.8 Å². The molecular formula is C18H30N4OS. The Morgan fingerprint density at radius 3 is 2.33 bits per heavy atom. The number of nitrogens with zero attached hydrogens (tertiary/aromatic N) is 4. The van der Waals surface area contributed by atoms with Crippen LogP contribution in [0.2, 0.25) is 0 Å². The van der Waals surface area contributed by atoms with E-state index >= 15 is 0 Å². The van der Waals surface area contributed by atoms with Crippen LogP contribution < -0.4 is 0 Å². The first-order valence-electron chi connectivity index (χ1n) is 9.56. The van der Waals surface area contributed by atoms with Gasteiger partial charge in [-0.15, -0.1) is 11.3 Å². The Balaban J connectivity index is 1.17. The zero-order valence-electron chi connectivity index (χ0n) is 14.5. The lowest BCUT2D eigenvalue weighted by Gasteiger charge is -2.49. The maximum atomic E-state index is 10.2. The molecular weight excluding hydrogens is 320 g/mol. The molecule has 3 fully saturated rings. The molecule has 6 heteroatoms. The van der Waals surface area contributed by atoms with Gasteiger partial charge in [0.05, 0.1) is 11.2 Å². The molecule has 0 aromatic carbocycles. The third kappa shape index (κ3) is 3.83. The van der Waals surface area contributed by atoms with Gasteiger partial charge in [-0.2, -0.15) is 0 Å². The number of hydrogen-bond donors (Lipinski definition) is 1. The average Bonchev–Trinajstić information content (AvgIpc) is 3.13. The second kappa shape index (κ2) is 7.79. The molecule has 1 aromatic rings. The summed E-state index contributed by atoms with van der Waals surface area (Å²) >= 11 is 1.55. The van der Waals surface area contributed by atoms with Gasteiger partial charge in [-0.05, 0) is 12.8 Å². The van der Waals surface area contributed by atoms with Crippen molar-refractivity contribution in [3.8, 4) is 0 Å². The third-order valence-corrected chi connectivity index (χ3v) is 6.72. The van der Waals surface area contributed by atoms with Crippen LogP contribution in [-0.4, -0.2) is 82.7 Å². The van der Waals surface area contributed by atoms with E-state index in [2.05, 4.69) is 19.7 Å². The van der Waals surface area contributed by atoms with E-state index in [0.717, 1.165) is 31.4 Å². The van der Waals surface area contributed by atoms with Crippen LogP contribution in [0.1, 0.15) is 43.9 Å². The average molecular weight is 351 g/mol. The van der Waals surface area contributed by atoms with Crippen LogP contribution in [-0.2, 0) is 0 Å². The quantitative estimate of drug-likeness (QED) is 0.877. The molecule has 0 amide bonds. The number of piperazine rings is 1. The molecule has 5 nitrogen and oxygen atoms in total. The summed E-state index contributed by atoms with van der Waals surface area (Å²) in [6.07, 6.45) is 6.73. The standard InChI is InChI=1S/C18H30N4OS/c23-18(17-13-24-14-19-17)12-20-10-16(11-20)22-8-6-21(7-9-22)15-4-2-1-3-5-15/h13-16,18,23H,1-12H2. The monoisotopic (exact) mass is 350 g/mol. The summed E-state index contributed by atoms with van der Waals surface area (Å²) in [5.41, 5.74) is 2.62. The number of thiazole rings is 1. The van der Waals surface area contributed by atoms with E-state index < -0.39 is 6.10 Å². The molecule has 1 unspecified atom stereocenters. The highest BCUT2D eigenvalue weighted by atomic mass is 32.1. The molecule has 134 valence electrons. The fourth-order valence-electron chi connectivity index (χ4n) is 4.56. The number of rotatable bonds is 5. The summed E-state index contributed by atoms with van der Waals surface area (Å²) in [4.78, 5) is 12.0. The molecule has 0 radical (unpaired) electrons. The molecule has 1 aromatic heterocycles. The summed E-state index contributed by atoms with van der Waals surface area (Å²) in [5, 5.41) is 12.2. The van der Waals surface area contributed by atoms with Crippen molar-refractivity contribution in [2.45, 2.75) is 50.3 Å². The number of β-amino-alcohol motifs (C(OH)–C–C–N with tert-alkyl or cyclic N) is 1. The van der Waals surface area contributed by atoms with Crippen LogP contribution in [0.3, 0.4) is 0 Å². The molecule has 1 N–H and O–H groups in total. The van der Waals surface area contributed by atoms with Gasteiger partial charge < -0.3 is 5.11 Å². The number of likely N-dealkylation sites (tertiary alicyclic amines) is 1. The summed E-state index contributed by atoms with van der Waals surface area (Å²) < 4.78 is 0. The minimum atomic E-state index is -0.430. The Morgan fingerprint density at radius 2 is 1.71 bits per heavy atom. The Kier molecular flexibility index (Phi) is 5.49. The lowest BCUT2D eigenvalue weighted by atomic mass is 9.93. The molecule has 1 saturated carbocycles. The molecule has 24 heavy (non-hydrogen) atoms. The van der Waals surface area contributed by atoms with Crippen molar-refractivity contribution in [1.82, 2.24) is 19.7 Å². The van der Waals surface area contributed by atoms with Gasteiger partial charge in [0, 0.05) is 63.3 Å². The molecule has 1 atom stereocenters. The molecule has 3 aliphatic rings. The van der Waals surface area contributed by atoms with E-state index in [1.807, 2.05) is 5.38 Å². The highest BCUT2D eigenvalue weighted by Gasteiger charge is 2.35. The summed E-state index contributed by atoms with van der Waals surface area (Å²) in [6.45, 7) is 7.88. The van der Waals surface area contributed by atoms with Gasteiger partial charge in [-0.3, -0.25) is 14.7 Å². The maximum Gasteiger partial charge on any atom is 0.109 e. The van der Waals surface area contributed by atoms with Gasteiger partial charge in [0.1, 0.15) is 6.10 Å². The van der Waals surface area contributed by atoms with Crippen LogP contribution in [0.4, 0.5) is 0 Å². The van der Waals surface area contributed by atoms with Crippen LogP contribution in [0.15, 0.2) is 10.9 Å². The van der Waals surface area contributed by atoms with E-state index in [4.69, 9.17) is 0 Å². The Labute approximate surface area is 149 Å². The van der Waals surface area contributed by atoms with Gasteiger partial charge in [0.25, 0.3) is 0 Å². The smallest absolute Gasteiger partial charge is 0.109 e. The Bertz CT molecular complexity index is 491. The molecule has 2 aliphatic heterocycles. The van der Waals surface area contributed by atoms with Gasteiger partial charge >= 0.3 is 0 Å². The number of aromatic nitrogens is 1. The van der Waals surface area contributed by atoms with E-state index in [9.17, 15) is 5.11 Å². The first-order chi connectivity index (χ1) is 11.8. The molecule has 2 saturated heterocycles. The van der Waals surface area contributed by atoms with E-state index in [0.29, 0.717) is 6.04 Å². The SMILES string of the molecule is OC(CN1CC(N2CCN(C3CCCCC3)CC2)C1)c1cscn1. The van der Waals surface area contributed by atoms with Crippen molar-refractivity contribution in [3.63, 3.8) is 0 Å². The maximum absolute atomic E-state index is 10.2. The minimum Gasteiger partial charge on any atom is -0.385 e. The first-order valence-corrected chi connectivity index (χ1v) is 10.5. The number of hydrogen-bond acceptors (Lipinski definition) is 6. The van der Waals surface area contributed by atoms with Crippen molar-refractivity contribution in [1.29, 1.82) is 0 Å². The van der Waals surface area contributed by atoms with Gasteiger partial charge in [0.2, 0.25) is 0 Å². The minimum absolute atomic E-state index is 0.430. The third-order valence-electron chi connectivity index (χ3n) is 6.12. The Morgan fingerprint density at radius 1 is 1.04 bits per heavy atom. The van der Waals surface area contributed by atoms with Gasteiger partial charge in [0.15, 0.2) is 0 Å². The first kappa shape index (κ1) is 16.9. The molecule has 4 rings (SSSR count). The van der Waals surface area contributed by atoms with Gasteiger partial charge in [-0.25, -0.2) is 4.98 Å². The van der Waals surface area contributed by atoms with Crippen LogP contribution in [0, 0.1) is 0 Å². The number of aliphatic hydroxyl groups is 1. The van der Waals surface area contributed by atoms with E-state index in [-0.39, 0.29) is 0 Å². The van der Waals surface area contributed by atoms with E-state index in [1.54, 1.807) is 16.8 Å². The Hall–Kier alpha value is -0.530. The number of aliphatic hydroxyl groups excluding tert-OH is 1. The van der Waals surface area contributed by atoms with Crippen molar-refractivity contribution in [3.05, 3.63) is 16.6 Å². The lowest BCUT2D eigenvalue weighted by molar-refractivity contribution is -0.0238. The van der Waals surface area contributed by atoms with Gasteiger partial charge in [-0.1, -0.05) is 19.3 Å². The van der Waals surface area contributed by atoms with Crippen LogP contribution in [0.25, 0.3) is 0 Å². The second-order valence-corrected chi connectivity index (χ2v) is 8.38. The molecule has 0 spiro atoms. The normalized spacial score (nSPS) is 27.2. The van der Waals surface area contributed by atoms with Crippen molar-refractivity contribution in [2.24, 2.45) is 0 Å². The summed E-state index contributed by atoms with van der Waals surface area (Å²) in [6, 6.07) is 1.56. The van der Waals surface area contributed by atoms with Crippen LogP contribution in [0.5, 0.6) is 0 Å².